The van der Waals surface area contributed by atoms with Crippen LogP contribution in [0.3, 0.4) is 0 Å². The number of ether oxygens (including phenoxy) is 1. The van der Waals surface area contributed by atoms with Crippen LogP contribution in [0.15, 0.2) is 51.8 Å². The minimum absolute atomic E-state index is 0.0894. The lowest BCUT2D eigenvalue weighted by atomic mass is 10.1. The number of methoxy groups -OCH3 is 1. The van der Waals surface area contributed by atoms with Crippen molar-refractivity contribution in [3.63, 3.8) is 0 Å². The van der Waals surface area contributed by atoms with Crippen LogP contribution in [0.4, 0.5) is 0 Å². The highest BCUT2D eigenvalue weighted by Crippen LogP contribution is 2.35. The first-order valence-corrected chi connectivity index (χ1v) is 8.66. The molecule has 0 saturated heterocycles. The van der Waals surface area contributed by atoms with Gasteiger partial charge in [-0.1, -0.05) is 6.07 Å². The van der Waals surface area contributed by atoms with E-state index in [-0.39, 0.29) is 5.25 Å². The fraction of sp³-hybridized carbons (Fsp3) is 0.263. The molecule has 0 radical (unpaired) electrons. The first kappa shape index (κ1) is 16.6. The smallest absolute Gasteiger partial charge is 0.247 e. The lowest BCUT2D eigenvalue weighted by molar-refractivity contribution is 0.415. The lowest BCUT2D eigenvalue weighted by Gasteiger charge is -2.08. The maximum absolute atomic E-state index is 5.85. The molecule has 0 spiro atoms. The zero-order valence-corrected chi connectivity index (χ0v) is 15.1. The molecule has 0 aliphatic heterocycles. The van der Waals surface area contributed by atoms with E-state index in [0.29, 0.717) is 11.8 Å². The predicted octanol–water partition coefficient (Wildman–Crippen LogP) is 5.22. The number of nitrogens with zero attached hydrogens (tertiary/aromatic N) is 2. The summed E-state index contributed by atoms with van der Waals surface area (Å²) in [5.41, 5.74) is 3.47. The summed E-state index contributed by atoms with van der Waals surface area (Å²) in [7, 11) is 1.64. The van der Waals surface area contributed by atoms with Gasteiger partial charge in [-0.3, -0.25) is 0 Å². The Kier molecular flexibility index (Phi) is 4.90. The minimum Gasteiger partial charge on any atom is -0.497 e. The molecule has 1 atom stereocenters. The van der Waals surface area contributed by atoms with E-state index in [1.54, 1.807) is 18.9 Å². The van der Waals surface area contributed by atoms with Gasteiger partial charge >= 0.3 is 0 Å². The van der Waals surface area contributed by atoms with E-state index in [2.05, 4.69) is 49.2 Å². The van der Waals surface area contributed by atoms with Gasteiger partial charge in [-0.25, -0.2) is 0 Å². The second kappa shape index (κ2) is 7.09. The molecule has 0 bridgehead atoms. The normalized spacial score (nSPS) is 12.2. The topological polar surface area (TPSA) is 48.2 Å². The summed E-state index contributed by atoms with van der Waals surface area (Å²) in [6.07, 6.45) is 0. The summed E-state index contributed by atoms with van der Waals surface area (Å²) in [4.78, 5) is 1.20. The minimum atomic E-state index is 0.0894. The SMILES string of the molecule is COc1ccc(-c2nnc([C@@H](C)Sc3ccc(C)c(C)c3)o2)cc1. The van der Waals surface area contributed by atoms with Crippen LogP contribution < -0.4 is 4.74 Å². The largest absolute Gasteiger partial charge is 0.497 e. The highest BCUT2D eigenvalue weighted by molar-refractivity contribution is 7.99. The Labute approximate surface area is 146 Å². The van der Waals surface area contributed by atoms with Gasteiger partial charge in [-0.2, -0.15) is 0 Å². The van der Waals surface area contributed by atoms with E-state index < -0.39 is 0 Å². The maximum atomic E-state index is 5.85. The molecule has 5 heteroatoms. The van der Waals surface area contributed by atoms with Gasteiger partial charge < -0.3 is 9.15 Å². The molecule has 3 rings (SSSR count). The number of rotatable bonds is 5. The molecule has 124 valence electrons. The molecule has 1 aromatic heterocycles. The van der Waals surface area contributed by atoms with E-state index in [1.165, 1.54) is 16.0 Å². The zero-order valence-electron chi connectivity index (χ0n) is 14.2. The molecule has 4 nitrogen and oxygen atoms in total. The summed E-state index contributed by atoms with van der Waals surface area (Å²) >= 11 is 1.72. The molecule has 0 amide bonds. The first-order valence-electron chi connectivity index (χ1n) is 7.78. The van der Waals surface area contributed by atoms with Crippen molar-refractivity contribution in [3.8, 4) is 17.2 Å². The first-order chi connectivity index (χ1) is 11.6. The van der Waals surface area contributed by atoms with Gasteiger partial charge in [0, 0.05) is 10.5 Å². The van der Waals surface area contributed by atoms with Crippen molar-refractivity contribution in [1.82, 2.24) is 10.2 Å². The molecular weight excluding hydrogens is 320 g/mol. The Hall–Kier alpha value is -2.27. The molecule has 3 aromatic rings. The average molecular weight is 340 g/mol. The van der Waals surface area contributed by atoms with Crippen molar-refractivity contribution in [3.05, 3.63) is 59.5 Å². The third-order valence-corrected chi connectivity index (χ3v) is 5.00. The van der Waals surface area contributed by atoms with Crippen LogP contribution in [0.25, 0.3) is 11.5 Å². The van der Waals surface area contributed by atoms with E-state index in [0.717, 1.165) is 11.3 Å². The van der Waals surface area contributed by atoms with Crippen molar-refractivity contribution in [1.29, 1.82) is 0 Å². The summed E-state index contributed by atoms with van der Waals surface area (Å²) in [5, 5.41) is 8.46. The van der Waals surface area contributed by atoms with Gasteiger partial charge in [0.2, 0.25) is 11.8 Å². The standard InChI is InChI=1S/C19H20N2O2S/c1-12-5-10-17(11-13(12)2)24-14(3)18-20-21-19(23-18)15-6-8-16(22-4)9-7-15/h5-11,14H,1-4H3/t14-/m1/s1. The predicted molar refractivity (Wildman–Crippen MR) is 96.5 cm³/mol. The number of aromatic nitrogens is 2. The van der Waals surface area contributed by atoms with Crippen LogP contribution in [-0.4, -0.2) is 17.3 Å². The Morgan fingerprint density at radius 1 is 1.00 bits per heavy atom. The summed E-state index contributed by atoms with van der Waals surface area (Å²) < 4.78 is 11.0. The summed E-state index contributed by atoms with van der Waals surface area (Å²) in [5.74, 6) is 1.96. The van der Waals surface area contributed by atoms with Crippen LogP contribution in [0.1, 0.15) is 29.2 Å². The van der Waals surface area contributed by atoms with E-state index in [4.69, 9.17) is 9.15 Å². The molecular formula is C19H20N2O2S. The van der Waals surface area contributed by atoms with Gasteiger partial charge in [0.25, 0.3) is 0 Å². The monoisotopic (exact) mass is 340 g/mol. The van der Waals surface area contributed by atoms with E-state index >= 15 is 0 Å². The number of hydrogen-bond donors (Lipinski definition) is 0. The lowest BCUT2D eigenvalue weighted by Crippen LogP contribution is -1.89. The van der Waals surface area contributed by atoms with Crippen molar-refractivity contribution >= 4 is 11.8 Å². The molecule has 0 fully saturated rings. The van der Waals surface area contributed by atoms with Gasteiger partial charge in [-0.15, -0.1) is 22.0 Å². The molecule has 1 heterocycles. The molecule has 0 aliphatic carbocycles. The van der Waals surface area contributed by atoms with E-state index in [9.17, 15) is 0 Å². The fourth-order valence-electron chi connectivity index (χ4n) is 2.29. The number of thioether (sulfide) groups is 1. The number of benzene rings is 2. The van der Waals surface area contributed by atoms with Gasteiger partial charge in [0.1, 0.15) is 5.75 Å². The molecule has 0 saturated carbocycles. The third kappa shape index (κ3) is 3.62. The van der Waals surface area contributed by atoms with Crippen LogP contribution >= 0.6 is 11.8 Å². The fourth-order valence-corrected chi connectivity index (χ4v) is 3.29. The maximum Gasteiger partial charge on any atom is 0.247 e. The number of hydrogen-bond acceptors (Lipinski definition) is 5. The quantitative estimate of drug-likeness (QED) is 0.596. The van der Waals surface area contributed by atoms with Gasteiger partial charge in [0.15, 0.2) is 0 Å². The van der Waals surface area contributed by atoms with Gasteiger partial charge in [-0.05, 0) is 68.3 Å². The summed E-state index contributed by atoms with van der Waals surface area (Å²) in [6.45, 7) is 6.32. The molecule has 24 heavy (non-hydrogen) atoms. The zero-order chi connectivity index (χ0) is 17.1. The highest BCUT2D eigenvalue weighted by atomic mass is 32.2. The van der Waals surface area contributed by atoms with Crippen LogP contribution in [0, 0.1) is 13.8 Å². The van der Waals surface area contributed by atoms with Crippen molar-refractivity contribution in [2.24, 2.45) is 0 Å². The Morgan fingerprint density at radius 3 is 2.42 bits per heavy atom. The highest BCUT2D eigenvalue weighted by Gasteiger charge is 2.16. The van der Waals surface area contributed by atoms with Crippen molar-refractivity contribution < 1.29 is 9.15 Å². The second-order valence-electron chi connectivity index (χ2n) is 5.68. The Bertz CT molecular complexity index is 828. The Balaban J connectivity index is 1.75. The van der Waals surface area contributed by atoms with Crippen molar-refractivity contribution in [2.75, 3.05) is 7.11 Å². The number of aryl methyl sites for hydroxylation is 2. The van der Waals surface area contributed by atoms with E-state index in [1.807, 2.05) is 24.3 Å². The van der Waals surface area contributed by atoms with Crippen LogP contribution in [0.2, 0.25) is 0 Å². The molecule has 0 aliphatic rings. The van der Waals surface area contributed by atoms with Gasteiger partial charge in [0.05, 0.1) is 12.4 Å². The van der Waals surface area contributed by atoms with Crippen LogP contribution in [-0.2, 0) is 0 Å². The third-order valence-electron chi connectivity index (χ3n) is 3.92. The Morgan fingerprint density at radius 2 is 1.75 bits per heavy atom. The molecule has 0 unspecified atom stereocenters. The second-order valence-corrected chi connectivity index (χ2v) is 7.09. The summed E-state index contributed by atoms with van der Waals surface area (Å²) in [6, 6.07) is 14.1. The average Bonchev–Trinajstić information content (AvgIpc) is 3.08. The van der Waals surface area contributed by atoms with Crippen molar-refractivity contribution in [2.45, 2.75) is 30.9 Å². The molecule has 2 aromatic carbocycles. The van der Waals surface area contributed by atoms with Crippen LogP contribution in [0.5, 0.6) is 5.75 Å². The molecule has 0 N–H and O–H groups in total.